The van der Waals surface area contributed by atoms with E-state index in [2.05, 4.69) is 12.2 Å². The number of rotatable bonds is 2. The molecular formula is C13H20O. The van der Waals surface area contributed by atoms with Gasteiger partial charge in [-0.25, -0.2) is 0 Å². The van der Waals surface area contributed by atoms with Crippen molar-refractivity contribution in [1.29, 1.82) is 0 Å². The molecule has 0 bridgehead atoms. The summed E-state index contributed by atoms with van der Waals surface area (Å²) in [7, 11) is 0. The van der Waals surface area contributed by atoms with Gasteiger partial charge in [-0.1, -0.05) is 31.4 Å². The normalized spacial score (nSPS) is 29.0. The van der Waals surface area contributed by atoms with E-state index in [1.165, 1.54) is 32.1 Å². The van der Waals surface area contributed by atoms with Crippen molar-refractivity contribution in [2.45, 2.75) is 51.4 Å². The number of carbonyl (C=O) groups excluding carboxylic acids is 1. The number of ketones is 1. The third-order valence-electron chi connectivity index (χ3n) is 3.63. The Labute approximate surface area is 86.6 Å². The Balaban J connectivity index is 1.92. The second kappa shape index (κ2) is 4.77. The van der Waals surface area contributed by atoms with Crippen LogP contribution in [0.25, 0.3) is 0 Å². The second-order valence-electron chi connectivity index (χ2n) is 4.70. The standard InChI is InChI=1S/C13H20O/c14-13(11-7-3-1-4-8-11)12-9-5-2-6-10-12/h3,7,11-12H,1-2,4-6,8-10H2. The van der Waals surface area contributed by atoms with Gasteiger partial charge >= 0.3 is 0 Å². The smallest absolute Gasteiger partial charge is 0.142 e. The van der Waals surface area contributed by atoms with Gasteiger partial charge in [0.15, 0.2) is 0 Å². The summed E-state index contributed by atoms with van der Waals surface area (Å²) < 4.78 is 0. The monoisotopic (exact) mass is 192 g/mol. The summed E-state index contributed by atoms with van der Waals surface area (Å²) in [6.45, 7) is 0. The molecule has 1 nitrogen and oxygen atoms in total. The van der Waals surface area contributed by atoms with Gasteiger partial charge in [-0.2, -0.15) is 0 Å². The van der Waals surface area contributed by atoms with Crippen molar-refractivity contribution in [3.05, 3.63) is 12.2 Å². The van der Waals surface area contributed by atoms with Crippen LogP contribution in [0.2, 0.25) is 0 Å². The van der Waals surface area contributed by atoms with Crippen LogP contribution in [-0.2, 0) is 4.79 Å². The summed E-state index contributed by atoms with van der Waals surface area (Å²) in [4.78, 5) is 12.1. The van der Waals surface area contributed by atoms with Gasteiger partial charge in [0.2, 0.25) is 0 Å². The predicted octanol–water partition coefficient (Wildman–Crippen LogP) is 3.49. The molecule has 1 fully saturated rings. The van der Waals surface area contributed by atoms with Crippen LogP contribution in [0.3, 0.4) is 0 Å². The fourth-order valence-electron chi connectivity index (χ4n) is 2.74. The SMILES string of the molecule is O=C(C1C=CCCC1)C1CCCCC1. The molecule has 2 aliphatic rings. The summed E-state index contributed by atoms with van der Waals surface area (Å²) in [5.41, 5.74) is 0. The van der Waals surface area contributed by atoms with Gasteiger partial charge in [0, 0.05) is 11.8 Å². The van der Waals surface area contributed by atoms with Crippen LogP contribution in [0, 0.1) is 11.8 Å². The first-order valence-electron chi connectivity index (χ1n) is 6.08. The molecule has 0 radical (unpaired) electrons. The van der Waals surface area contributed by atoms with Crippen LogP contribution in [-0.4, -0.2) is 5.78 Å². The molecule has 0 aromatic heterocycles. The van der Waals surface area contributed by atoms with E-state index < -0.39 is 0 Å². The van der Waals surface area contributed by atoms with E-state index in [0.717, 1.165) is 19.3 Å². The zero-order chi connectivity index (χ0) is 9.80. The first-order valence-corrected chi connectivity index (χ1v) is 6.08. The molecule has 2 rings (SSSR count). The maximum atomic E-state index is 12.1. The quantitative estimate of drug-likeness (QED) is 0.612. The molecule has 0 spiro atoms. The minimum atomic E-state index is 0.270. The van der Waals surface area contributed by atoms with Crippen molar-refractivity contribution >= 4 is 5.78 Å². The van der Waals surface area contributed by atoms with Gasteiger partial charge in [-0.05, 0) is 32.1 Å². The number of hydrogen-bond acceptors (Lipinski definition) is 1. The summed E-state index contributed by atoms with van der Waals surface area (Å²) >= 11 is 0. The van der Waals surface area contributed by atoms with Crippen LogP contribution >= 0.6 is 0 Å². The molecule has 0 aromatic carbocycles. The molecule has 0 heterocycles. The highest BCUT2D eigenvalue weighted by Gasteiger charge is 2.26. The highest BCUT2D eigenvalue weighted by molar-refractivity contribution is 5.85. The molecule has 0 amide bonds. The van der Waals surface area contributed by atoms with Crippen molar-refractivity contribution in [2.75, 3.05) is 0 Å². The van der Waals surface area contributed by atoms with E-state index in [0.29, 0.717) is 11.7 Å². The zero-order valence-electron chi connectivity index (χ0n) is 8.87. The first kappa shape index (κ1) is 9.95. The van der Waals surface area contributed by atoms with Crippen molar-refractivity contribution in [1.82, 2.24) is 0 Å². The molecule has 1 unspecified atom stereocenters. The van der Waals surface area contributed by atoms with E-state index in [1.807, 2.05) is 0 Å². The second-order valence-corrected chi connectivity index (χ2v) is 4.70. The molecule has 0 N–H and O–H groups in total. The lowest BCUT2D eigenvalue weighted by molar-refractivity contribution is -0.126. The van der Waals surface area contributed by atoms with Crippen LogP contribution in [0.5, 0.6) is 0 Å². The molecule has 1 saturated carbocycles. The molecule has 14 heavy (non-hydrogen) atoms. The highest BCUT2D eigenvalue weighted by atomic mass is 16.1. The van der Waals surface area contributed by atoms with Crippen LogP contribution in [0.1, 0.15) is 51.4 Å². The lowest BCUT2D eigenvalue weighted by Crippen LogP contribution is -2.25. The number of allylic oxidation sites excluding steroid dienone is 2. The van der Waals surface area contributed by atoms with Gasteiger partial charge in [0.25, 0.3) is 0 Å². The Kier molecular flexibility index (Phi) is 3.39. The van der Waals surface area contributed by atoms with Crippen molar-refractivity contribution in [3.63, 3.8) is 0 Å². The lowest BCUT2D eigenvalue weighted by atomic mass is 9.79. The van der Waals surface area contributed by atoms with Gasteiger partial charge in [0.1, 0.15) is 5.78 Å². The van der Waals surface area contributed by atoms with E-state index in [4.69, 9.17) is 0 Å². The maximum Gasteiger partial charge on any atom is 0.142 e. The molecule has 2 aliphatic carbocycles. The molecule has 0 saturated heterocycles. The summed E-state index contributed by atoms with van der Waals surface area (Å²) in [5.74, 6) is 1.21. The van der Waals surface area contributed by atoms with E-state index in [9.17, 15) is 4.79 Å². The van der Waals surface area contributed by atoms with Gasteiger partial charge in [-0.3, -0.25) is 4.79 Å². The lowest BCUT2D eigenvalue weighted by Gasteiger charge is -2.25. The van der Waals surface area contributed by atoms with Crippen LogP contribution in [0.4, 0.5) is 0 Å². The Morgan fingerprint density at radius 1 is 1.00 bits per heavy atom. The fourth-order valence-corrected chi connectivity index (χ4v) is 2.74. The summed E-state index contributed by atoms with van der Waals surface area (Å²) in [5, 5.41) is 0. The molecular weight excluding hydrogens is 172 g/mol. The topological polar surface area (TPSA) is 17.1 Å². The third kappa shape index (κ3) is 2.26. The van der Waals surface area contributed by atoms with E-state index in [1.54, 1.807) is 0 Å². The molecule has 78 valence electrons. The Bertz CT molecular complexity index is 223. The highest BCUT2D eigenvalue weighted by Crippen LogP contribution is 2.29. The number of Topliss-reactive ketones (excluding diaryl/α,β-unsaturated/α-hetero) is 1. The zero-order valence-corrected chi connectivity index (χ0v) is 8.87. The number of hydrogen-bond donors (Lipinski definition) is 0. The minimum Gasteiger partial charge on any atom is -0.299 e. The van der Waals surface area contributed by atoms with Crippen molar-refractivity contribution < 1.29 is 4.79 Å². The molecule has 0 aromatic rings. The molecule has 0 aliphatic heterocycles. The first-order chi connectivity index (χ1) is 6.88. The average molecular weight is 192 g/mol. The van der Waals surface area contributed by atoms with E-state index >= 15 is 0 Å². The average Bonchev–Trinajstić information content (AvgIpc) is 2.30. The molecule has 1 atom stereocenters. The van der Waals surface area contributed by atoms with Gasteiger partial charge in [0.05, 0.1) is 0 Å². The van der Waals surface area contributed by atoms with Crippen LogP contribution in [0.15, 0.2) is 12.2 Å². The van der Waals surface area contributed by atoms with Crippen LogP contribution < -0.4 is 0 Å². The summed E-state index contributed by atoms with van der Waals surface area (Å²) in [6, 6.07) is 0. The van der Waals surface area contributed by atoms with Gasteiger partial charge < -0.3 is 0 Å². The Hall–Kier alpha value is -0.590. The fraction of sp³-hybridized carbons (Fsp3) is 0.769. The summed E-state index contributed by atoms with van der Waals surface area (Å²) in [6.07, 6.45) is 14.0. The maximum absolute atomic E-state index is 12.1. The third-order valence-corrected chi connectivity index (χ3v) is 3.63. The molecule has 1 heteroatoms. The Morgan fingerprint density at radius 2 is 1.79 bits per heavy atom. The Morgan fingerprint density at radius 3 is 2.43 bits per heavy atom. The van der Waals surface area contributed by atoms with Gasteiger partial charge in [-0.15, -0.1) is 0 Å². The van der Waals surface area contributed by atoms with E-state index in [-0.39, 0.29) is 5.92 Å². The predicted molar refractivity (Wildman–Crippen MR) is 58.1 cm³/mol. The van der Waals surface area contributed by atoms with Crippen molar-refractivity contribution in [2.24, 2.45) is 11.8 Å². The number of carbonyl (C=O) groups is 1. The largest absolute Gasteiger partial charge is 0.299 e. The minimum absolute atomic E-state index is 0.270. The van der Waals surface area contributed by atoms with Crippen molar-refractivity contribution in [3.8, 4) is 0 Å².